The van der Waals surface area contributed by atoms with Gasteiger partial charge in [0.05, 0.1) is 12.3 Å². The van der Waals surface area contributed by atoms with Crippen LogP contribution in [0.1, 0.15) is 34.5 Å². The molecule has 2 aromatic heterocycles. The van der Waals surface area contributed by atoms with Crippen LogP contribution < -0.4 is 5.56 Å². The van der Waals surface area contributed by atoms with E-state index >= 15 is 0 Å². The Morgan fingerprint density at radius 1 is 1.41 bits per heavy atom. The van der Waals surface area contributed by atoms with Crippen LogP contribution in [0.25, 0.3) is 0 Å². The maximum absolute atomic E-state index is 12.0. The normalized spacial score (nSPS) is 13.4. The predicted molar refractivity (Wildman–Crippen MR) is 86.1 cm³/mol. The van der Waals surface area contributed by atoms with Crippen molar-refractivity contribution >= 4 is 11.8 Å². The summed E-state index contributed by atoms with van der Waals surface area (Å²) in [4.78, 5) is 23.9. The van der Waals surface area contributed by atoms with Gasteiger partial charge in [-0.05, 0) is 43.4 Å². The van der Waals surface area contributed by atoms with E-state index in [0.717, 1.165) is 53.1 Å². The summed E-state index contributed by atoms with van der Waals surface area (Å²) in [7, 11) is 1.69. The molecule has 0 spiro atoms. The first kappa shape index (κ1) is 15.2. The van der Waals surface area contributed by atoms with Gasteiger partial charge in [-0.3, -0.25) is 9.78 Å². The third-order valence-electron chi connectivity index (χ3n) is 3.94. The SMILES string of the molecule is COCc1ccnc(C)c1CSc1nc2c(c(=O)[nH]1)CCC2. The van der Waals surface area contributed by atoms with Crippen LogP contribution in [0.3, 0.4) is 0 Å². The van der Waals surface area contributed by atoms with E-state index in [1.807, 2.05) is 13.0 Å². The van der Waals surface area contributed by atoms with Crippen molar-refractivity contribution in [2.75, 3.05) is 7.11 Å². The van der Waals surface area contributed by atoms with Crippen LogP contribution in [-0.4, -0.2) is 22.1 Å². The molecule has 0 saturated heterocycles. The second kappa shape index (κ2) is 6.62. The zero-order valence-electron chi connectivity index (χ0n) is 12.8. The summed E-state index contributed by atoms with van der Waals surface area (Å²) in [6.45, 7) is 2.56. The Hall–Kier alpha value is -1.66. The number of methoxy groups -OCH3 is 1. The average molecular weight is 317 g/mol. The Morgan fingerprint density at radius 2 is 2.27 bits per heavy atom. The minimum Gasteiger partial charge on any atom is -0.380 e. The third kappa shape index (κ3) is 3.08. The summed E-state index contributed by atoms with van der Waals surface area (Å²) >= 11 is 1.55. The van der Waals surface area contributed by atoms with Crippen molar-refractivity contribution < 1.29 is 4.74 Å². The molecule has 0 bridgehead atoms. The van der Waals surface area contributed by atoms with Gasteiger partial charge in [-0.1, -0.05) is 11.8 Å². The predicted octanol–water partition coefficient (Wildman–Crippen LogP) is 2.40. The van der Waals surface area contributed by atoms with Crippen LogP contribution >= 0.6 is 11.8 Å². The molecule has 0 unspecified atom stereocenters. The zero-order valence-corrected chi connectivity index (χ0v) is 13.6. The molecule has 2 heterocycles. The number of nitrogens with one attached hydrogen (secondary N) is 1. The molecule has 1 N–H and O–H groups in total. The van der Waals surface area contributed by atoms with Crippen molar-refractivity contribution in [1.82, 2.24) is 15.0 Å². The molecule has 1 aliphatic rings. The number of pyridine rings is 1. The molecule has 0 atom stereocenters. The molecule has 0 aromatic carbocycles. The number of aryl methyl sites for hydroxylation is 2. The Morgan fingerprint density at radius 3 is 3.09 bits per heavy atom. The molecule has 0 radical (unpaired) electrons. The smallest absolute Gasteiger partial charge is 0.254 e. The number of aromatic amines is 1. The Labute approximate surface area is 133 Å². The number of H-pyrrole nitrogens is 1. The van der Waals surface area contributed by atoms with Crippen molar-refractivity contribution in [3.63, 3.8) is 0 Å². The number of fused-ring (bicyclic) bond motifs is 1. The van der Waals surface area contributed by atoms with Gasteiger partial charge in [-0.15, -0.1) is 0 Å². The Kier molecular flexibility index (Phi) is 4.59. The first-order valence-electron chi connectivity index (χ1n) is 7.36. The number of nitrogens with zero attached hydrogens (tertiary/aromatic N) is 2. The highest BCUT2D eigenvalue weighted by Gasteiger charge is 2.17. The third-order valence-corrected chi connectivity index (χ3v) is 4.84. The van der Waals surface area contributed by atoms with Crippen molar-refractivity contribution in [2.45, 2.75) is 43.7 Å². The van der Waals surface area contributed by atoms with Crippen molar-refractivity contribution in [2.24, 2.45) is 0 Å². The van der Waals surface area contributed by atoms with Crippen molar-refractivity contribution in [1.29, 1.82) is 0 Å². The molecule has 6 heteroatoms. The summed E-state index contributed by atoms with van der Waals surface area (Å²) in [6, 6.07) is 1.98. The molecule has 22 heavy (non-hydrogen) atoms. The fraction of sp³-hybridized carbons (Fsp3) is 0.438. The van der Waals surface area contributed by atoms with E-state index in [4.69, 9.17) is 4.74 Å². The standard InChI is InChI=1S/C16H19N3O2S/c1-10-13(11(8-21-2)6-7-17-10)9-22-16-18-14-5-3-4-12(14)15(20)19-16/h6-7H,3-5,8-9H2,1-2H3,(H,18,19,20). The van der Waals surface area contributed by atoms with Gasteiger partial charge < -0.3 is 9.72 Å². The first-order valence-corrected chi connectivity index (χ1v) is 8.34. The average Bonchev–Trinajstić information content (AvgIpc) is 2.96. The lowest BCUT2D eigenvalue weighted by molar-refractivity contribution is 0.184. The highest BCUT2D eigenvalue weighted by Crippen LogP contribution is 2.25. The number of hydrogen-bond donors (Lipinski definition) is 1. The molecule has 1 aliphatic carbocycles. The van der Waals surface area contributed by atoms with Crippen molar-refractivity contribution in [3.8, 4) is 0 Å². The number of ether oxygens (including phenoxy) is 1. The quantitative estimate of drug-likeness (QED) is 0.677. The van der Waals surface area contributed by atoms with Crippen LogP contribution in [0.4, 0.5) is 0 Å². The van der Waals surface area contributed by atoms with Gasteiger partial charge in [0.15, 0.2) is 5.16 Å². The van der Waals surface area contributed by atoms with E-state index in [-0.39, 0.29) is 5.56 Å². The van der Waals surface area contributed by atoms with Gasteiger partial charge >= 0.3 is 0 Å². The van der Waals surface area contributed by atoms with E-state index in [2.05, 4.69) is 15.0 Å². The van der Waals surface area contributed by atoms with Gasteiger partial charge in [-0.2, -0.15) is 0 Å². The summed E-state index contributed by atoms with van der Waals surface area (Å²) in [5.41, 5.74) is 5.12. The molecular weight excluding hydrogens is 298 g/mol. The molecule has 2 aromatic rings. The fourth-order valence-corrected chi connectivity index (χ4v) is 3.78. The monoisotopic (exact) mass is 317 g/mol. The number of aromatic nitrogens is 3. The zero-order chi connectivity index (χ0) is 15.5. The van der Waals surface area contributed by atoms with E-state index in [9.17, 15) is 4.79 Å². The molecule has 0 saturated carbocycles. The van der Waals surface area contributed by atoms with E-state index in [0.29, 0.717) is 11.8 Å². The number of rotatable bonds is 5. The van der Waals surface area contributed by atoms with Crippen LogP contribution in [0.2, 0.25) is 0 Å². The topological polar surface area (TPSA) is 67.9 Å². The van der Waals surface area contributed by atoms with Crippen LogP contribution in [0.15, 0.2) is 22.2 Å². The lowest BCUT2D eigenvalue weighted by Gasteiger charge is -2.11. The van der Waals surface area contributed by atoms with Gasteiger partial charge in [0.2, 0.25) is 0 Å². The highest BCUT2D eigenvalue weighted by atomic mass is 32.2. The van der Waals surface area contributed by atoms with Crippen LogP contribution in [0, 0.1) is 6.92 Å². The fourth-order valence-electron chi connectivity index (χ4n) is 2.77. The van der Waals surface area contributed by atoms with E-state index in [1.165, 1.54) is 0 Å². The maximum Gasteiger partial charge on any atom is 0.254 e. The number of hydrogen-bond acceptors (Lipinski definition) is 5. The minimum absolute atomic E-state index is 0.0185. The van der Waals surface area contributed by atoms with Gasteiger partial charge in [0, 0.05) is 30.3 Å². The summed E-state index contributed by atoms with van der Waals surface area (Å²) in [5.74, 6) is 0.722. The lowest BCUT2D eigenvalue weighted by Crippen LogP contribution is -2.15. The largest absolute Gasteiger partial charge is 0.380 e. The van der Waals surface area contributed by atoms with Gasteiger partial charge in [0.25, 0.3) is 5.56 Å². The number of thioether (sulfide) groups is 1. The second-order valence-corrected chi connectivity index (χ2v) is 6.37. The minimum atomic E-state index is 0.0185. The van der Waals surface area contributed by atoms with Crippen molar-refractivity contribution in [3.05, 3.63) is 50.7 Å². The molecular formula is C16H19N3O2S. The molecule has 116 valence electrons. The molecule has 3 rings (SSSR count). The van der Waals surface area contributed by atoms with Crippen LogP contribution in [-0.2, 0) is 29.9 Å². The second-order valence-electron chi connectivity index (χ2n) is 5.41. The summed E-state index contributed by atoms with van der Waals surface area (Å²) in [5, 5.41) is 0.692. The first-order chi connectivity index (χ1) is 10.7. The Balaban J connectivity index is 1.81. The van der Waals surface area contributed by atoms with Gasteiger partial charge in [0.1, 0.15) is 0 Å². The summed E-state index contributed by atoms with van der Waals surface area (Å²) in [6.07, 6.45) is 4.59. The maximum atomic E-state index is 12.0. The molecule has 0 amide bonds. The molecule has 5 nitrogen and oxygen atoms in total. The lowest BCUT2D eigenvalue weighted by atomic mass is 10.1. The Bertz CT molecular complexity index is 743. The summed E-state index contributed by atoms with van der Waals surface area (Å²) < 4.78 is 5.24. The van der Waals surface area contributed by atoms with Gasteiger partial charge in [-0.25, -0.2) is 4.98 Å². The highest BCUT2D eigenvalue weighted by molar-refractivity contribution is 7.98. The van der Waals surface area contributed by atoms with Crippen LogP contribution in [0.5, 0.6) is 0 Å². The van der Waals surface area contributed by atoms with E-state index in [1.54, 1.807) is 25.1 Å². The van der Waals surface area contributed by atoms with E-state index < -0.39 is 0 Å². The molecule has 0 aliphatic heterocycles. The molecule has 0 fully saturated rings.